The molecule has 30 heavy (non-hydrogen) atoms. The smallest absolute Gasteiger partial charge is 0.0626 e. The second-order valence-electron chi connectivity index (χ2n) is 11.4. The first kappa shape index (κ1) is 23.5. The minimum Gasteiger partial charge on any atom is -0.393 e. The summed E-state index contributed by atoms with van der Waals surface area (Å²) in [7, 11) is 0. The van der Waals surface area contributed by atoms with E-state index >= 15 is 0 Å². The van der Waals surface area contributed by atoms with Gasteiger partial charge in [0.25, 0.3) is 0 Å². The van der Waals surface area contributed by atoms with Crippen molar-refractivity contribution in [2.75, 3.05) is 0 Å². The fourth-order valence-electron chi connectivity index (χ4n) is 6.57. The molecule has 0 aliphatic heterocycles. The average molecular weight is 413 g/mol. The number of aliphatic hydroxyl groups excluding tert-OH is 1. The minimum absolute atomic E-state index is 0.209. The van der Waals surface area contributed by atoms with E-state index in [0.717, 1.165) is 19.3 Å². The number of hydrogen-bond acceptors (Lipinski definition) is 2. The molecule has 5 atom stereocenters. The standard InChI is InChI=1S/C28H44O2/c1-20-11-14-24(29)19-22(20)12-13-23-10-8-17-28(6)25(15-18-27(23,28)5)21(2)9-7-16-26(3,4)30/h7,9,12-13,21,24-25,29-30H,1,8,10-11,14-19H2,2-6H3/t21?,24?,25?,27-,28+/m0/s1. The Bertz CT molecular complexity index is 734. The average Bonchev–Trinajstić information content (AvgIpc) is 2.93. The summed E-state index contributed by atoms with van der Waals surface area (Å²) >= 11 is 0. The van der Waals surface area contributed by atoms with E-state index in [4.69, 9.17) is 0 Å². The summed E-state index contributed by atoms with van der Waals surface area (Å²) in [5.74, 6) is 1.22. The molecule has 0 spiro atoms. The van der Waals surface area contributed by atoms with Crippen LogP contribution in [0.4, 0.5) is 0 Å². The third-order valence-corrected chi connectivity index (χ3v) is 8.75. The Morgan fingerprint density at radius 3 is 2.60 bits per heavy atom. The number of hydrogen-bond donors (Lipinski definition) is 2. The van der Waals surface area contributed by atoms with Gasteiger partial charge in [-0.15, -0.1) is 0 Å². The zero-order chi connectivity index (χ0) is 22.2. The monoisotopic (exact) mass is 412 g/mol. The van der Waals surface area contributed by atoms with Crippen LogP contribution in [0.1, 0.15) is 92.4 Å². The van der Waals surface area contributed by atoms with Crippen LogP contribution in [-0.2, 0) is 0 Å². The van der Waals surface area contributed by atoms with E-state index in [0.29, 0.717) is 23.7 Å². The van der Waals surface area contributed by atoms with Crippen molar-refractivity contribution < 1.29 is 10.2 Å². The van der Waals surface area contributed by atoms with Crippen molar-refractivity contribution in [3.8, 4) is 0 Å². The van der Waals surface area contributed by atoms with Gasteiger partial charge in [-0.25, -0.2) is 0 Å². The molecule has 3 aliphatic carbocycles. The van der Waals surface area contributed by atoms with Gasteiger partial charge < -0.3 is 10.2 Å². The van der Waals surface area contributed by atoms with Crippen molar-refractivity contribution in [3.63, 3.8) is 0 Å². The summed E-state index contributed by atoms with van der Waals surface area (Å²) in [5.41, 5.74) is 3.99. The quantitative estimate of drug-likeness (QED) is 0.482. The predicted molar refractivity (Wildman–Crippen MR) is 127 cm³/mol. The summed E-state index contributed by atoms with van der Waals surface area (Å²) in [6.45, 7) is 15.4. The highest BCUT2D eigenvalue weighted by molar-refractivity contribution is 5.37. The SMILES string of the molecule is C=C1CCC(O)CC1=CC=C1CCC[C@]2(C)C(C(C)C=CCC(C)(C)O)CC[C@@]12C. The summed E-state index contributed by atoms with van der Waals surface area (Å²) in [6, 6.07) is 0. The van der Waals surface area contributed by atoms with Crippen molar-refractivity contribution in [2.24, 2.45) is 22.7 Å². The Hall–Kier alpha value is -1.12. The third kappa shape index (κ3) is 4.70. The minimum atomic E-state index is -0.630. The molecule has 0 heterocycles. The van der Waals surface area contributed by atoms with Gasteiger partial charge in [-0.3, -0.25) is 0 Å². The van der Waals surface area contributed by atoms with E-state index < -0.39 is 5.60 Å². The number of rotatable bonds is 5. The Morgan fingerprint density at radius 1 is 1.17 bits per heavy atom. The van der Waals surface area contributed by atoms with Gasteiger partial charge in [-0.2, -0.15) is 0 Å². The molecule has 3 aliphatic rings. The van der Waals surface area contributed by atoms with Crippen LogP contribution in [0, 0.1) is 22.7 Å². The molecular formula is C28H44O2. The molecule has 2 heteroatoms. The van der Waals surface area contributed by atoms with Crippen LogP contribution in [0.2, 0.25) is 0 Å². The zero-order valence-electron chi connectivity index (χ0n) is 20.0. The van der Waals surface area contributed by atoms with Gasteiger partial charge in [0.2, 0.25) is 0 Å². The first-order valence-electron chi connectivity index (χ1n) is 12.1. The highest BCUT2D eigenvalue weighted by Gasteiger charge is 2.57. The molecule has 3 rings (SSSR count). The van der Waals surface area contributed by atoms with Crippen LogP contribution in [0.15, 0.2) is 47.6 Å². The van der Waals surface area contributed by atoms with E-state index in [1.54, 1.807) is 5.57 Å². The number of fused-ring (bicyclic) bond motifs is 1. The molecule has 2 nitrogen and oxygen atoms in total. The van der Waals surface area contributed by atoms with Gasteiger partial charge in [-0.05, 0) is 99.9 Å². The van der Waals surface area contributed by atoms with Gasteiger partial charge in [0.1, 0.15) is 0 Å². The lowest BCUT2D eigenvalue weighted by atomic mass is 9.53. The largest absolute Gasteiger partial charge is 0.393 e. The molecule has 3 fully saturated rings. The highest BCUT2D eigenvalue weighted by Crippen LogP contribution is 2.66. The molecule has 0 aromatic heterocycles. The van der Waals surface area contributed by atoms with Crippen molar-refractivity contribution in [2.45, 2.75) is 104 Å². The molecule has 0 aromatic carbocycles. The zero-order valence-corrected chi connectivity index (χ0v) is 20.0. The molecule has 0 radical (unpaired) electrons. The van der Waals surface area contributed by atoms with Crippen LogP contribution in [-0.4, -0.2) is 21.9 Å². The second kappa shape index (κ2) is 8.79. The Balaban J connectivity index is 1.81. The van der Waals surface area contributed by atoms with E-state index in [1.165, 1.54) is 43.3 Å². The molecule has 0 saturated heterocycles. The van der Waals surface area contributed by atoms with Gasteiger partial charge in [-0.1, -0.05) is 62.8 Å². The lowest BCUT2D eigenvalue weighted by molar-refractivity contribution is 0.0454. The Morgan fingerprint density at radius 2 is 1.90 bits per heavy atom. The van der Waals surface area contributed by atoms with Crippen molar-refractivity contribution in [1.82, 2.24) is 0 Å². The molecular weight excluding hydrogens is 368 g/mol. The van der Waals surface area contributed by atoms with Crippen LogP contribution in [0.3, 0.4) is 0 Å². The lowest BCUT2D eigenvalue weighted by Crippen LogP contribution is -2.42. The maximum absolute atomic E-state index is 10.1. The topological polar surface area (TPSA) is 40.5 Å². The Labute approximate surface area is 184 Å². The maximum atomic E-state index is 10.1. The van der Waals surface area contributed by atoms with Gasteiger partial charge in [0.05, 0.1) is 11.7 Å². The first-order chi connectivity index (χ1) is 14.0. The normalized spacial score (nSPS) is 39.1. The van der Waals surface area contributed by atoms with Gasteiger partial charge in [0, 0.05) is 0 Å². The molecule has 0 bridgehead atoms. The molecule has 2 N–H and O–H groups in total. The molecule has 168 valence electrons. The maximum Gasteiger partial charge on any atom is 0.0626 e. The van der Waals surface area contributed by atoms with E-state index in [2.05, 4.69) is 51.7 Å². The van der Waals surface area contributed by atoms with Crippen molar-refractivity contribution >= 4 is 0 Å². The lowest BCUT2D eigenvalue weighted by Gasteiger charge is -2.51. The van der Waals surface area contributed by atoms with Gasteiger partial charge in [0.15, 0.2) is 0 Å². The van der Waals surface area contributed by atoms with Crippen LogP contribution >= 0.6 is 0 Å². The van der Waals surface area contributed by atoms with Crippen LogP contribution in [0.5, 0.6) is 0 Å². The third-order valence-electron chi connectivity index (χ3n) is 8.75. The van der Waals surface area contributed by atoms with E-state index in [1.807, 2.05) is 13.8 Å². The van der Waals surface area contributed by atoms with E-state index in [9.17, 15) is 10.2 Å². The van der Waals surface area contributed by atoms with Crippen LogP contribution in [0.25, 0.3) is 0 Å². The highest BCUT2D eigenvalue weighted by atomic mass is 16.3. The summed E-state index contributed by atoms with van der Waals surface area (Å²) in [6.07, 6.45) is 18.5. The fraction of sp³-hybridized carbons (Fsp3) is 0.714. The molecule has 0 amide bonds. The number of aliphatic hydroxyl groups is 2. The predicted octanol–water partition coefficient (Wildman–Crippen LogP) is 6.90. The number of allylic oxidation sites excluding steroid dienone is 5. The van der Waals surface area contributed by atoms with Crippen molar-refractivity contribution in [1.29, 1.82) is 0 Å². The summed E-state index contributed by atoms with van der Waals surface area (Å²) in [4.78, 5) is 0. The molecule has 3 unspecified atom stereocenters. The summed E-state index contributed by atoms with van der Waals surface area (Å²) < 4.78 is 0. The van der Waals surface area contributed by atoms with Crippen LogP contribution < -0.4 is 0 Å². The second-order valence-corrected chi connectivity index (χ2v) is 11.4. The first-order valence-corrected chi connectivity index (χ1v) is 12.1. The van der Waals surface area contributed by atoms with Gasteiger partial charge >= 0.3 is 0 Å². The summed E-state index contributed by atoms with van der Waals surface area (Å²) in [5, 5.41) is 20.1. The fourth-order valence-corrected chi connectivity index (χ4v) is 6.57. The molecule has 0 aromatic rings. The molecule has 3 saturated carbocycles. The van der Waals surface area contributed by atoms with E-state index in [-0.39, 0.29) is 11.5 Å². The van der Waals surface area contributed by atoms with Crippen molar-refractivity contribution in [3.05, 3.63) is 47.6 Å². The Kier molecular flexibility index (Phi) is 6.90.